The summed E-state index contributed by atoms with van der Waals surface area (Å²) in [6.45, 7) is 4.48. The molecule has 0 saturated carbocycles. The molecular weight excluding hydrogens is 376 g/mol. The first-order valence-corrected chi connectivity index (χ1v) is 9.54. The van der Waals surface area contributed by atoms with Gasteiger partial charge in [0, 0.05) is 40.7 Å². The second-order valence-electron chi connectivity index (χ2n) is 7.01. The van der Waals surface area contributed by atoms with Crippen molar-refractivity contribution in [2.75, 3.05) is 6.54 Å². The van der Waals surface area contributed by atoms with E-state index in [1.807, 2.05) is 44.2 Å². The smallest absolute Gasteiger partial charge is 0.241 e. The maximum Gasteiger partial charge on any atom is 0.241 e. The van der Waals surface area contributed by atoms with E-state index in [9.17, 15) is 4.79 Å². The Hall–Kier alpha value is -2.86. The highest BCUT2D eigenvalue weighted by Gasteiger charge is 2.27. The number of aromatic nitrogens is 3. The molecule has 1 amide bonds. The van der Waals surface area contributed by atoms with E-state index in [2.05, 4.69) is 15.4 Å². The molecular formula is C21H21ClN4O2. The number of halogens is 1. The molecule has 2 aromatic heterocycles. The zero-order valence-corrected chi connectivity index (χ0v) is 16.5. The van der Waals surface area contributed by atoms with E-state index >= 15 is 0 Å². The lowest BCUT2D eigenvalue weighted by molar-refractivity contribution is -0.122. The molecule has 0 spiro atoms. The fourth-order valence-corrected chi connectivity index (χ4v) is 3.75. The van der Waals surface area contributed by atoms with Gasteiger partial charge in [-0.15, -0.1) is 0 Å². The summed E-state index contributed by atoms with van der Waals surface area (Å²) in [7, 11) is 0. The molecule has 0 bridgehead atoms. The number of benzene rings is 1. The number of pyridine rings is 1. The zero-order valence-electron chi connectivity index (χ0n) is 15.8. The minimum atomic E-state index is -0.126. The van der Waals surface area contributed by atoms with Crippen molar-refractivity contribution in [3.05, 3.63) is 64.7 Å². The quantitative estimate of drug-likeness (QED) is 0.718. The second-order valence-corrected chi connectivity index (χ2v) is 7.45. The number of fused-ring (bicyclic) bond motifs is 1. The summed E-state index contributed by atoms with van der Waals surface area (Å²) >= 11 is 6.31. The lowest BCUT2D eigenvalue weighted by Gasteiger charge is -2.14. The molecule has 3 heterocycles. The number of amides is 1. The van der Waals surface area contributed by atoms with Crippen molar-refractivity contribution in [2.45, 2.75) is 32.9 Å². The minimum Gasteiger partial charge on any atom is -0.487 e. The molecule has 1 unspecified atom stereocenters. The Morgan fingerprint density at radius 3 is 2.79 bits per heavy atom. The van der Waals surface area contributed by atoms with Gasteiger partial charge in [0.2, 0.25) is 5.91 Å². The average Bonchev–Trinajstić information content (AvgIpc) is 3.22. The van der Waals surface area contributed by atoms with Gasteiger partial charge in [0.25, 0.3) is 0 Å². The van der Waals surface area contributed by atoms with Gasteiger partial charge in [-0.05, 0) is 49.7 Å². The van der Waals surface area contributed by atoms with E-state index in [-0.39, 0.29) is 18.6 Å². The lowest BCUT2D eigenvalue weighted by atomic mass is 10.0. The van der Waals surface area contributed by atoms with Crippen LogP contribution in [0, 0.1) is 13.8 Å². The summed E-state index contributed by atoms with van der Waals surface area (Å²) in [6.07, 6.45) is 4.06. The van der Waals surface area contributed by atoms with Crippen LogP contribution in [0.15, 0.2) is 42.7 Å². The molecule has 7 heteroatoms. The highest BCUT2D eigenvalue weighted by Crippen LogP contribution is 2.40. The van der Waals surface area contributed by atoms with Crippen LogP contribution in [0.1, 0.15) is 17.0 Å². The number of hydrogen-bond acceptors (Lipinski definition) is 4. The molecule has 6 nitrogen and oxygen atoms in total. The molecule has 3 aromatic rings. The van der Waals surface area contributed by atoms with Gasteiger partial charge in [0.15, 0.2) is 0 Å². The fourth-order valence-electron chi connectivity index (χ4n) is 3.51. The van der Waals surface area contributed by atoms with Gasteiger partial charge in [-0.1, -0.05) is 11.6 Å². The number of aryl methyl sites for hydroxylation is 2. The first-order valence-electron chi connectivity index (χ1n) is 9.17. The summed E-state index contributed by atoms with van der Waals surface area (Å²) in [5.41, 5.74) is 4.87. The van der Waals surface area contributed by atoms with Crippen LogP contribution in [-0.2, 0) is 17.8 Å². The lowest BCUT2D eigenvalue weighted by Crippen LogP contribution is -2.36. The maximum atomic E-state index is 12.3. The Morgan fingerprint density at radius 1 is 1.29 bits per heavy atom. The molecule has 1 aromatic carbocycles. The first-order chi connectivity index (χ1) is 13.5. The molecule has 0 fully saturated rings. The Morgan fingerprint density at radius 2 is 2.07 bits per heavy atom. The fraction of sp³-hybridized carbons (Fsp3) is 0.286. The Labute approximate surface area is 168 Å². The molecule has 0 radical (unpaired) electrons. The van der Waals surface area contributed by atoms with Crippen LogP contribution in [0.3, 0.4) is 0 Å². The third-order valence-corrected chi connectivity index (χ3v) is 5.00. The number of carbonyl (C=O) groups is 1. The standard InChI is InChI=1S/C21H21ClN4O2/c1-13-7-14(2)26(25-13)12-20(27)24-11-18-9-16-8-17(22)10-19(21(16)28-18)15-3-5-23-6-4-15/h3-8,10,18H,9,11-12H2,1-2H3,(H,24,27). The summed E-state index contributed by atoms with van der Waals surface area (Å²) < 4.78 is 7.86. The molecule has 144 valence electrons. The third kappa shape index (κ3) is 3.87. The summed E-state index contributed by atoms with van der Waals surface area (Å²) in [5, 5.41) is 7.94. The van der Waals surface area contributed by atoms with Gasteiger partial charge >= 0.3 is 0 Å². The van der Waals surface area contributed by atoms with Crippen molar-refractivity contribution in [1.82, 2.24) is 20.1 Å². The summed E-state index contributed by atoms with van der Waals surface area (Å²) in [6, 6.07) is 9.64. The molecule has 0 aliphatic carbocycles. The van der Waals surface area contributed by atoms with Gasteiger partial charge in [0.1, 0.15) is 18.4 Å². The maximum absolute atomic E-state index is 12.3. The number of nitrogens with zero attached hydrogens (tertiary/aromatic N) is 3. The van der Waals surface area contributed by atoms with Gasteiger partial charge in [-0.2, -0.15) is 5.10 Å². The van der Waals surface area contributed by atoms with Crippen LogP contribution in [0.2, 0.25) is 5.02 Å². The van der Waals surface area contributed by atoms with Crippen molar-refractivity contribution in [3.63, 3.8) is 0 Å². The highest BCUT2D eigenvalue weighted by molar-refractivity contribution is 6.31. The van der Waals surface area contributed by atoms with Crippen LogP contribution in [0.5, 0.6) is 5.75 Å². The zero-order chi connectivity index (χ0) is 19.7. The SMILES string of the molecule is Cc1cc(C)n(CC(=O)NCC2Cc3cc(Cl)cc(-c4ccncc4)c3O2)n1. The number of ether oxygens (including phenoxy) is 1. The number of rotatable bonds is 5. The molecule has 1 atom stereocenters. The van der Waals surface area contributed by atoms with Gasteiger partial charge < -0.3 is 10.1 Å². The minimum absolute atomic E-state index is 0.0851. The van der Waals surface area contributed by atoms with E-state index < -0.39 is 0 Å². The van der Waals surface area contributed by atoms with E-state index in [1.165, 1.54) is 0 Å². The summed E-state index contributed by atoms with van der Waals surface area (Å²) in [4.78, 5) is 16.4. The van der Waals surface area contributed by atoms with Crippen LogP contribution in [-0.4, -0.2) is 33.3 Å². The van der Waals surface area contributed by atoms with Gasteiger partial charge in [-0.25, -0.2) is 0 Å². The molecule has 4 rings (SSSR count). The van der Waals surface area contributed by atoms with Crippen LogP contribution < -0.4 is 10.1 Å². The summed E-state index contributed by atoms with van der Waals surface area (Å²) in [5.74, 6) is 0.742. The largest absolute Gasteiger partial charge is 0.487 e. The van der Waals surface area contributed by atoms with E-state index in [0.29, 0.717) is 18.0 Å². The molecule has 1 N–H and O–H groups in total. The van der Waals surface area contributed by atoms with Crippen molar-refractivity contribution >= 4 is 17.5 Å². The van der Waals surface area contributed by atoms with Gasteiger partial charge in [-0.3, -0.25) is 14.5 Å². The first kappa shape index (κ1) is 18.5. The monoisotopic (exact) mass is 396 g/mol. The molecule has 1 aliphatic rings. The normalized spacial score (nSPS) is 15.2. The van der Waals surface area contributed by atoms with E-state index in [4.69, 9.17) is 16.3 Å². The second kappa shape index (κ2) is 7.64. The highest BCUT2D eigenvalue weighted by atomic mass is 35.5. The Bertz CT molecular complexity index is 1020. The van der Waals surface area contributed by atoms with Crippen molar-refractivity contribution in [1.29, 1.82) is 0 Å². The molecule has 28 heavy (non-hydrogen) atoms. The predicted octanol–water partition coefficient (Wildman–Crippen LogP) is 3.34. The van der Waals surface area contributed by atoms with Crippen molar-refractivity contribution in [2.24, 2.45) is 0 Å². The third-order valence-electron chi connectivity index (χ3n) is 4.78. The van der Waals surface area contributed by atoms with Crippen LogP contribution >= 0.6 is 11.6 Å². The number of hydrogen-bond donors (Lipinski definition) is 1. The molecule has 0 saturated heterocycles. The molecule has 1 aliphatic heterocycles. The van der Waals surface area contributed by atoms with Crippen molar-refractivity contribution < 1.29 is 9.53 Å². The Balaban J connectivity index is 1.42. The number of nitrogens with one attached hydrogen (secondary N) is 1. The Kier molecular flexibility index (Phi) is 5.05. The van der Waals surface area contributed by atoms with E-state index in [1.54, 1.807) is 17.1 Å². The predicted molar refractivity (Wildman–Crippen MR) is 108 cm³/mol. The topological polar surface area (TPSA) is 69.0 Å². The van der Waals surface area contributed by atoms with E-state index in [0.717, 1.165) is 33.8 Å². The average molecular weight is 397 g/mol. The van der Waals surface area contributed by atoms with Crippen molar-refractivity contribution in [3.8, 4) is 16.9 Å². The van der Waals surface area contributed by atoms with Gasteiger partial charge in [0.05, 0.1) is 12.2 Å². The van der Waals surface area contributed by atoms with Crippen LogP contribution in [0.25, 0.3) is 11.1 Å². The number of carbonyl (C=O) groups excluding carboxylic acids is 1. The van der Waals surface area contributed by atoms with Crippen LogP contribution in [0.4, 0.5) is 0 Å².